The number of carbonyl (C=O) groups excluding carboxylic acids is 4. The van der Waals surface area contributed by atoms with Crippen LogP contribution in [0, 0.1) is 11.8 Å². The van der Waals surface area contributed by atoms with Gasteiger partial charge in [-0.3, -0.25) is 14.5 Å². The number of anilines is 1. The molecule has 354 valence electrons. The van der Waals surface area contributed by atoms with Crippen molar-refractivity contribution in [2.24, 2.45) is 5.16 Å². The van der Waals surface area contributed by atoms with Gasteiger partial charge in [0.05, 0.1) is 0 Å². The Hall–Kier alpha value is -7.73. The van der Waals surface area contributed by atoms with Gasteiger partial charge in [0.2, 0.25) is 6.61 Å². The molecule has 1 fully saturated rings. The highest BCUT2D eigenvalue weighted by molar-refractivity contribution is 8.00. The van der Waals surface area contributed by atoms with Gasteiger partial charge in [-0.05, 0) is 66.3 Å². The predicted molar refractivity (Wildman–Crippen MR) is 273 cm³/mol. The van der Waals surface area contributed by atoms with E-state index in [-0.39, 0.29) is 17.1 Å². The standard InChI is InChI=1S/C56H51N5O7S2/c1-5-6-7-13-28-40-36-69-52-47(51(64)61(52)48(40)53(65)67-49(38-24-14-8-15-25-38)39-26-16-9-17-27-39)58-50(63)46(60-66-35-45(62)68-55(2,3)4)44-37-70-54(57-44)59-56(41-29-18-10-19-30-41,42-31-20-11-21-32-42)43-33-22-12-23-34-43/h8-34,37,47,49,52H,5,35-36H2,1-4H3,(H,57,59)(H,58,63)/b28-13+,60-46-/t47-,52-/m1/s1. The second kappa shape index (κ2) is 22.1. The number of oxime groups is 1. The molecule has 2 N–H and O–H groups in total. The molecule has 2 amide bonds. The van der Waals surface area contributed by atoms with Crippen LogP contribution in [0.15, 0.2) is 186 Å². The molecule has 12 nitrogen and oxygen atoms in total. The van der Waals surface area contributed by atoms with Crippen molar-refractivity contribution in [1.82, 2.24) is 15.2 Å². The summed E-state index contributed by atoms with van der Waals surface area (Å²) in [5, 5.41) is 12.1. The Morgan fingerprint density at radius 3 is 1.90 bits per heavy atom. The molecule has 2 aliphatic rings. The Morgan fingerprint density at radius 1 is 0.829 bits per heavy atom. The summed E-state index contributed by atoms with van der Waals surface area (Å²) < 4.78 is 11.7. The fourth-order valence-electron chi connectivity index (χ4n) is 8.13. The van der Waals surface area contributed by atoms with E-state index in [9.17, 15) is 19.2 Å². The maximum absolute atomic E-state index is 14.6. The number of amides is 2. The fraction of sp³-hybridized carbons (Fsp3) is 0.214. The van der Waals surface area contributed by atoms with E-state index in [2.05, 4.69) is 27.6 Å². The molecule has 5 aromatic carbocycles. The van der Waals surface area contributed by atoms with Crippen molar-refractivity contribution in [3.05, 3.63) is 214 Å². The molecule has 0 unspecified atom stereocenters. The molecule has 2 aliphatic heterocycles. The molecule has 70 heavy (non-hydrogen) atoms. The summed E-state index contributed by atoms with van der Waals surface area (Å²) in [4.78, 5) is 68.0. The Labute approximate surface area is 415 Å². The molecule has 14 heteroatoms. The van der Waals surface area contributed by atoms with Crippen molar-refractivity contribution >= 4 is 57.7 Å². The summed E-state index contributed by atoms with van der Waals surface area (Å²) in [6.07, 6.45) is 3.25. The van der Waals surface area contributed by atoms with Crippen LogP contribution in [0.1, 0.15) is 73.7 Å². The number of thioether (sulfide) groups is 1. The number of hydrogen-bond donors (Lipinski definition) is 2. The number of esters is 2. The van der Waals surface area contributed by atoms with E-state index in [1.807, 2.05) is 159 Å². The third-order valence-electron chi connectivity index (χ3n) is 11.2. The van der Waals surface area contributed by atoms with Gasteiger partial charge in [-0.1, -0.05) is 176 Å². The predicted octanol–water partition coefficient (Wildman–Crippen LogP) is 9.57. The Kier molecular flexibility index (Phi) is 15.4. The van der Waals surface area contributed by atoms with Crippen molar-refractivity contribution in [2.45, 2.75) is 62.8 Å². The summed E-state index contributed by atoms with van der Waals surface area (Å²) >= 11 is 2.62. The zero-order valence-corrected chi connectivity index (χ0v) is 40.7. The minimum atomic E-state index is -1.08. The van der Waals surface area contributed by atoms with Gasteiger partial charge >= 0.3 is 11.9 Å². The normalized spacial score (nSPS) is 15.9. The first-order valence-electron chi connectivity index (χ1n) is 22.7. The number of hydrogen-bond acceptors (Lipinski definition) is 12. The number of ether oxygens (including phenoxy) is 2. The molecule has 1 saturated heterocycles. The van der Waals surface area contributed by atoms with E-state index in [1.165, 1.54) is 28.0 Å². The highest BCUT2D eigenvalue weighted by Crippen LogP contribution is 2.43. The molecule has 0 radical (unpaired) electrons. The van der Waals surface area contributed by atoms with Crippen LogP contribution in [-0.4, -0.2) is 68.7 Å². The third kappa shape index (κ3) is 11.1. The van der Waals surface area contributed by atoms with Crippen molar-refractivity contribution in [3.63, 3.8) is 0 Å². The third-order valence-corrected chi connectivity index (χ3v) is 13.2. The van der Waals surface area contributed by atoms with Crippen molar-refractivity contribution in [3.8, 4) is 11.8 Å². The van der Waals surface area contributed by atoms with Crippen LogP contribution < -0.4 is 10.6 Å². The van der Waals surface area contributed by atoms with Crippen molar-refractivity contribution < 1.29 is 33.5 Å². The summed E-state index contributed by atoms with van der Waals surface area (Å²) in [6.45, 7) is 6.52. The SMILES string of the molecule is CCC#C/C=C/C1=C(C(=O)OC(c2ccccc2)c2ccccc2)N2C(=O)[C@@H](NC(=O)/C(=N\OCC(=O)OC(C)(C)C)c3csc(NC(c4ccccc4)(c4ccccc4)c4ccccc4)n3)[C@H]2SC1. The number of benzene rings is 5. The van der Waals surface area contributed by atoms with Gasteiger partial charge in [0.25, 0.3) is 11.8 Å². The molecule has 3 heterocycles. The van der Waals surface area contributed by atoms with E-state index in [0.717, 1.165) is 27.8 Å². The number of rotatable bonds is 16. The second-order valence-corrected chi connectivity index (χ2v) is 19.1. The van der Waals surface area contributed by atoms with E-state index in [0.29, 0.717) is 22.9 Å². The first-order chi connectivity index (χ1) is 34.0. The smallest absolute Gasteiger partial charge is 0.356 e. The number of β-lactam (4-membered cyclic amide) rings is 1. The first-order valence-corrected chi connectivity index (χ1v) is 24.7. The highest BCUT2D eigenvalue weighted by atomic mass is 32.2. The van der Waals surface area contributed by atoms with Gasteiger partial charge in [0, 0.05) is 17.6 Å². The zero-order valence-electron chi connectivity index (χ0n) is 39.0. The van der Waals surface area contributed by atoms with Crippen LogP contribution in [0.25, 0.3) is 0 Å². The molecule has 0 spiro atoms. The number of nitrogens with zero attached hydrogens (tertiary/aromatic N) is 3. The molecular weight excluding hydrogens is 919 g/mol. The summed E-state index contributed by atoms with van der Waals surface area (Å²) in [6, 6.07) is 47.6. The van der Waals surface area contributed by atoms with Gasteiger partial charge in [0.1, 0.15) is 33.9 Å². The number of nitrogens with one attached hydrogen (secondary N) is 2. The Balaban J connectivity index is 1.10. The topological polar surface area (TPSA) is 149 Å². The molecule has 0 bridgehead atoms. The van der Waals surface area contributed by atoms with Gasteiger partial charge in [0.15, 0.2) is 16.9 Å². The number of aromatic nitrogens is 1. The van der Waals surface area contributed by atoms with Gasteiger partial charge in [-0.2, -0.15) is 0 Å². The monoisotopic (exact) mass is 969 g/mol. The first kappa shape index (κ1) is 48.7. The number of fused-ring (bicyclic) bond motifs is 1. The summed E-state index contributed by atoms with van der Waals surface area (Å²) in [5.74, 6) is 3.56. The summed E-state index contributed by atoms with van der Waals surface area (Å²) in [5.41, 5.74) is 3.04. The van der Waals surface area contributed by atoms with E-state index in [1.54, 1.807) is 38.3 Å². The van der Waals surface area contributed by atoms with Crippen LogP contribution in [-0.2, 0) is 39.0 Å². The van der Waals surface area contributed by atoms with E-state index in [4.69, 9.17) is 19.3 Å². The maximum atomic E-state index is 14.6. The average Bonchev–Trinajstić information content (AvgIpc) is 3.84. The lowest BCUT2D eigenvalue weighted by Crippen LogP contribution is -2.71. The lowest BCUT2D eigenvalue weighted by atomic mass is 9.77. The fourth-order valence-corrected chi connectivity index (χ4v) is 10.2. The van der Waals surface area contributed by atoms with Crippen LogP contribution in [0.5, 0.6) is 0 Å². The maximum Gasteiger partial charge on any atom is 0.356 e. The van der Waals surface area contributed by atoms with E-state index >= 15 is 0 Å². The van der Waals surface area contributed by atoms with Crippen LogP contribution in [0.2, 0.25) is 0 Å². The van der Waals surface area contributed by atoms with Crippen LogP contribution >= 0.6 is 23.1 Å². The second-order valence-electron chi connectivity index (χ2n) is 17.2. The minimum Gasteiger partial charge on any atom is -0.457 e. The minimum absolute atomic E-state index is 0.0641. The largest absolute Gasteiger partial charge is 0.457 e. The number of allylic oxidation sites excluding steroid dienone is 2. The van der Waals surface area contributed by atoms with Crippen molar-refractivity contribution in [2.75, 3.05) is 17.7 Å². The van der Waals surface area contributed by atoms with E-state index < -0.39 is 59.0 Å². The molecule has 0 saturated carbocycles. The molecule has 6 aromatic rings. The van der Waals surface area contributed by atoms with Crippen LogP contribution in [0.3, 0.4) is 0 Å². The van der Waals surface area contributed by atoms with Gasteiger partial charge < -0.3 is 24.9 Å². The highest BCUT2D eigenvalue weighted by Gasteiger charge is 2.55. The lowest BCUT2D eigenvalue weighted by Gasteiger charge is -2.49. The zero-order chi connectivity index (χ0) is 49.1. The average molecular weight is 970 g/mol. The Morgan fingerprint density at radius 2 is 1.37 bits per heavy atom. The van der Waals surface area contributed by atoms with Gasteiger partial charge in [-0.15, -0.1) is 23.1 Å². The molecule has 2 atom stereocenters. The number of carbonyl (C=O) groups is 4. The molecule has 8 rings (SSSR count). The quantitative estimate of drug-likeness (QED) is 0.0240. The summed E-state index contributed by atoms with van der Waals surface area (Å²) in [7, 11) is 0. The molecular formula is C56H51N5O7S2. The number of thiazole rings is 1. The molecule has 0 aliphatic carbocycles. The molecule has 1 aromatic heterocycles. The van der Waals surface area contributed by atoms with Crippen molar-refractivity contribution in [1.29, 1.82) is 0 Å². The van der Waals surface area contributed by atoms with Crippen LogP contribution in [0.4, 0.5) is 5.13 Å². The Bertz CT molecular complexity index is 2830. The van der Waals surface area contributed by atoms with Gasteiger partial charge in [-0.25, -0.2) is 14.6 Å². The lowest BCUT2D eigenvalue weighted by molar-refractivity contribution is -0.160.